The standard InChI is InChI=1S/C27H33N5O5/c1-4-12-32(27(34)23-7-5-17-37-23)19-26(33)31-14-6-13-30(15-16-31)25-11-10-22(28-29-25)21-9-8-20(35-2)18-24(21)36-3/h5,7-11,17-18H,4,6,12-16,19H2,1-3H3. The van der Waals surface area contributed by atoms with Gasteiger partial charge in [-0.3, -0.25) is 9.59 Å². The van der Waals surface area contributed by atoms with Gasteiger partial charge in [0.25, 0.3) is 5.91 Å². The molecule has 0 atom stereocenters. The van der Waals surface area contributed by atoms with Crippen molar-refractivity contribution in [2.75, 3.05) is 58.4 Å². The first-order valence-electron chi connectivity index (χ1n) is 12.5. The van der Waals surface area contributed by atoms with Crippen molar-refractivity contribution in [2.45, 2.75) is 19.8 Å². The first-order chi connectivity index (χ1) is 18.0. The number of rotatable bonds is 9. The minimum Gasteiger partial charge on any atom is -0.497 e. The summed E-state index contributed by atoms with van der Waals surface area (Å²) in [5, 5.41) is 8.89. The summed E-state index contributed by atoms with van der Waals surface area (Å²) < 4.78 is 16.0. The Morgan fingerprint density at radius 1 is 1.03 bits per heavy atom. The van der Waals surface area contributed by atoms with Crippen LogP contribution < -0.4 is 14.4 Å². The predicted octanol–water partition coefficient (Wildman–Crippen LogP) is 3.34. The van der Waals surface area contributed by atoms with Gasteiger partial charge in [-0.1, -0.05) is 6.92 Å². The lowest BCUT2D eigenvalue weighted by Crippen LogP contribution is -2.44. The fourth-order valence-corrected chi connectivity index (χ4v) is 4.39. The van der Waals surface area contributed by atoms with Crippen LogP contribution in [0, 0.1) is 0 Å². The number of carbonyl (C=O) groups is 2. The number of aromatic nitrogens is 2. The van der Waals surface area contributed by atoms with Gasteiger partial charge in [0.2, 0.25) is 5.91 Å². The molecule has 196 valence electrons. The summed E-state index contributed by atoms with van der Waals surface area (Å²) in [5.41, 5.74) is 1.53. The van der Waals surface area contributed by atoms with Crippen LogP contribution in [0.25, 0.3) is 11.3 Å². The van der Waals surface area contributed by atoms with Gasteiger partial charge >= 0.3 is 0 Å². The molecular formula is C27H33N5O5. The van der Waals surface area contributed by atoms with Gasteiger partial charge in [-0.25, -0.2) is 0 Å². The van der Waals surface area contributed by atoms with Crippen LogP contribution in [-0.4, -0.2) is 85.3 Å². The third-order valence-electron chi connectivity index (χ3n) is 6.35. The minimum atomic E-state index is -0.263. The van der Waals surface area contributed by atoms with E-state index in [-0.39, 0.29) is 24.1 Å². The molecular weight excluding hydrogens is 474 g/mol. The highest BCUT2D eigenvalue weighted by Gasteiger charge is 2.25. The van der Waals surface area contributed by atoms with E-state index < -0.39 is 0 Å². The molecule has 0 N–H and O–H groups in total. The molecule has 1 saturated heterocycles. The molecule has 1 fully saturated rings. The zero-order valence-corrected chi connectivity index (χ0v) is 21.6. The van der Waals surface area contributed by atoms with Gasteiger partial charge in [0, 0.05) is 44.4 Å². The molecule has 3 aromatic rings. The lowest BCUT2D eigenvalue weighted by molar-refractivity contribution is -0.131. The number of ether oxygens (including phenoxy) is 2. The molecule has 0 radical (unpaired) electrons. The number of furan rings is 1. The molecule has 0 aliphatic carbocycles. The number of carbonyl (C=O) groups excluding carboxylic acids is 2. The second-order valence-electron chi connectivity index (χ2n) is 8.77. The van der Waals surface area contributed by atoms with E-state index in [2.05, 4.69) is 15.1 Å². The summed E-state index contributed by atoms with van der Waals surface area (Å²) in [4.78, 5) is 31.4. The van der Waals surface area contributed by atoms with E-state index in [9.17, 15) is 9.59 Å². The summed E-state index contributed by atoms with van der Waals surface area (Å²) in [6.45, 7) is 5.06. The van der Waals surface area contributed by atoms with Crippen LogP contribution in [0.2, 0.25) is 0 Å². The summed E-state index contributed by atoms with van der Waals surface area (Å²) in [5.74, 6) is 2.04. The average Bonchev–Trinajstić information content (AvgIpc) is 3.36. The van der Waals surface area contributed by atoms with E-state index in [1.54, 1.807) is 31.3 Å². The van der Waals surface area contributed by atoms with E-state index in [0.717, 1.165) is 30.8 Å². The molecule has 0 bridgehead atoms. The lowest BCUT2D eigenvalue weighted by Gasteiger charge is -2.26. The largest absolute Gasteiger partial charge is 0.497 e. The molecule has 37 heavy (non-hydrogen) atoms. The van der Waals surface area contributed by atoms with E-state index in [0.29, 0.717) is 43.4 Å². The second-order valence-corrected chi connectivity index (χ2v) is 8.77. The van der Waals surface area contributed by atoms with Gasteiger partial charge in [-0.2, -0.15) is 0 Å². The minimum absolute atomic E-state index is 0.0333. The molecule has 2 amide bonds. The third-order valence-corrected chi connectivity index (χ3v) is 6.35. The Kier molecular flexibility index (Phi) is 8.60. The predicted molar refractivity (Wildman–Crippen MR) is 139 cm³/mol. The second kappa shape index (κ2) is 12.2. The summed E-state index contributed by atoms with van der Waals surface area (Å²) >= 11 is 0. The van der Waals surface area contributed by atoms with Gasteiger partial charge in [-0.15, -0.1) is 10.2 Å². The zero-order valence-electron chi connectivity index (χ0n) is 21.6. The van der Waals surface area contributed by atoms with Crippen LogP contribution in [0.3, 0.4) is 0 Å². The first-order valence-corrected chi connectivity index (χ1v) is 12.5. The topological polar surface area (TPSA) is 101 Å². The maximum atomic E-state index is 13.1. The molecule has 10 nitrogen and oxygen atoms in total. The molecule has 1 aliphatic rings. The summed E-state index contributed by atoms with van der Waals surface area (Å²) in [6.07, 6.45) is 3.01. The van der Waals surface area contributed by atoms with Gasteiger partial charge in [0.05, 0.1) is 26.2 Å². The molecule has 1 aliphatic heterocycles. The van der Waals surface area contributed by atoms with Crippen molar-refractivity contribution in [1.29, 1.82) is 0 Å². The molecule has 0 unspecified atom stereocenters. The highest BCUT2D eigenvalue weighted by atomic mass is 16.5. The van der Waals surface area contributed by atoms with Gasteiger partial charge in [0.15, 0.2) is 11.6 Å². The van der Waals surface area contributed by atoms with Crippen LogP contribution >= 0.6 is 0 Å². The Hall–Kier alpha value is -4.08. The first kappa shape index (κ1) is 26.0. The summed E-state index contributed by atoms with van der Waals surface area (Å²) in [6, 6.07) is 12.7. The van der Waals surface area contributed by atoms with Crippen molar-refractivity contribution in [3.8, 4) is 22.8 Å². The quantitative estimate of drug-likeness (QED) is 0.435. The van der Waals surface area contributed by atoms with Gasteiger partial charge in [-0.05, 0) is 49.2 Å². The van der Waals surface area contributed by atoms with Crippen molar-refractivity contribution < 1.29 is 23.5 Å². The van der Waals surface area contributed by atoms with Crippen LogP contribution in [-0.2, 0) is 4.79 Å². The van der Waals surface area contributed by atoms with Crippen LogP contribution in [0.15, 0.2) is 53.1 Å². The number of amides is 2. The highest BCUT2D eigenvalue weighted by molar-refractivity contribution is 5.94. The van der Waals surface area contributed by atoms with Crippen molar-refractivity contribution in [2.24, 2.45) is 0 Å². The fourth-order valence-electron chi connectivity index (χ4n) is 4.39. The van der Waals surface area contributed by atoms with Crippen molar-refractivity contribution >= 4 is 17.6 Å². The maximum absolute atomic E-state index is 13.1. The fraction of sp³-hybridized carbons (Fsp3) is 0.407. The van der Waals surface area contributed by atoms with Gasteiger partial charge in [0.1, 0.15) is 18.0 Å². The smallest absolute Gasteiger partial charge is 0.290 e. The normalized spacial score (nSPS) is 13.7. The van der Waals surface area contributed by atoms with E-state index in [1.165, 1.54) is 6.26 Å². The molecule has 0 spiro atoms. The Balaban J connectivity index is 1.38. The van der Waals surface area contributed by atoms with Crippen LogP contribution in [0.4, 0.5) is 5.82 Å². The number of benzene rings is 1. The number of nitrogens with zero attached hydrogens (tertiary/aromatic N) is 5. The van der Waals surface area contributed by atoms with Crippen LogP contribution in [0.1, 0.15) is 30.3 Å². The molecule has 4 rings (SSSR count). The molecule has 2 aromatic heterocycles. The van der Waals surface area contributed by atoms with E-state index in [4.69, 9.17) is 13.9 Å². The molecule has 3 heterocycles. The number of hydrogen-bond acceptors (Lipinski definition) is 8. The van der Waals surface area contributed by atoms with Gasteiger partial charge < -0.3 is 28.6 Å². The summed E-state index contributed by atoms with van der Waals surface area (Å²) in [7, 11) is 3.22. The maximum Gasteiger partial charge on any atom is 0.290 e. The third kappa shape index (κ3) is 6.19. The Morgan fingerprint density at radius 3 is 2.57 bits per heavy atom. The molecule has 0 saturated carbocycles. The highest BCUT2D eigenvalue weighted by Crippen LogP contribution is 2.32. The Morgan fingerprint density at radius 2 is 1.89 bits per heavy atom. The molecule has 1 aromatic carbocycles. The van der Waals surface area contributed by atoms with Crippen molar-refractivity contribution in [3.05, 3.63) is 54.5 Å². The lowest BCUT2D eigenvalue weighted by atomic mass is 10.1. The monoisotopic (exact) mass is 507 g/mol. The SMILES string of the molecule is CCCN(CC(=O)N1CCCN(c2ccc(-c3ccc(OC)cc3OC)nn2)CC1)C(=O)c1ccco1. The van der Waals surface area contributed by atoms with E-state index >= 15 is 0 Å². The number of methoxy groups -OCH3 is 2. The Labute approximate surface area is 216 Å². The average molecular weight is 508 g/mol. The zero-order chi connectivity index (χ0) is 26.2. The van der Waals surface area contributed by atoms with Crippen LogP contribution in [0.5, 0.6) is 11.5 Å². The van der Waals surface area contributed by atoms with Crippen molar-refractivity contribution in [1.82, 2.24) is 20.0 Å². The number of anilines is 1. The molecule has 10 heteroatoms. The number of hydrogen-bond donors (Lipinski definition) is 0. The van der Waals surface area contributed by atoms with E-state index in [1.807, 2.05) is 42.2 Å². The Bertz CT molecular complexity index is 1180. The van der Waals surface area contributed by atoms with Crippen molar-refractivity contribution in [3.63, 3.8) is 0 Å².